The molecule has 6 atom stereocenters. The lowest BCUT2D eigenvalue weighted by atomic mass is 9.51. The molecule has 3 fully saturated rings. The normalized spacial score (nSPS) is 40.8. The smallest absolute Gasteiger partial charge is 0.0489 e. The summed E-state index contributed by atoms with van der Waals surface area (Å²) in [5.41, 5.74) is 0.331. The van der Waals surface area contributed by atoms with E-state index in [1.807, 2.05) is 0 Å². The van der Waals surface area contributed by atoms with Gasteiger partial charge in [0.05, 0.1) is 0 Å². The summed E-state index contributed by atoms with van der Waals surface area (Å²) in [4.78, 5) is 0. The lowest BCUT2D eigenvalue weighted by Crippen LogP contribution is -2.47. The summed E-state index contributed by atoms with van der Waals surface area (Å²) in [6.45, 7) is 9.81. The summed E-state index contributed by atoms with van der Waals surface area (Å²) in [5.74, 6) is 4.96. The Labute approximate surface area is 144 Å². The van der Waals surface area contributed by atoms with Gasteiger partial charge in [0.25, 0.3) is 0 Å². The Hall–Kier alpha value is -0.0400. The van der Waals surface area contributed by atoms with Gasteiger partial charge in [-0.2, -0.15) is 0 Å². The van der Waals surface area contributed by atoms with Crippen molar-refractivity contribution in [2.24, 2.45) is 40.4 Å². The third-order valence-electron chi connectivity index (χ3n) is 9.12. The van der Waals surface area contributed by atoms with Crippen molar-refractivity contribution >= 4 is 0 Å². The second-order valence-corrected chi connectivity index (χ2v) is 10.1. The molecule has 1 heteroatoms. The number of aliphatic hydroxyl groups is 1. The molecule has 134 valence electrons. The molecule has 3 aliphatic rings. The highest BCUT2D eigenvalue weighted by molar-refractivity contribution is 4.98. The predicted molar refractivity (Wildman–Crippen MR) is 98.3 cm³/mol. The predicted octanol–water partition coefficient (Wildman–Crippen LogP) is 6.05. The van der Waals surface area contributed by atoms with Crippen molar-refractivity contribution in [3.63, 3.8) is 0 Å². The lowest BCUT2D eigenvalue weighted by Gasteiger charge is -2.54. The van der Waals surface area contributed by atoms with Crippen LogP contribution in [-0.2, 0) is 0 Å². The van der Waals surface area contributed by atoms with Gasteiger partial charge in [-0.05, 0) is 78.9 Å². The van der Waals surface area contributed by atoms with Gasteiger partial charge >= 0.3 is 0 Å². The highest BCUT2D eigenvalue weighted by Crippen LogP contribution is 2.57. The van der Waals surface area contributed by atoms with Crippen LogP contribution in [0.1, 0.15) is 91.9 Å². The summed E-state index contributed by atoms with van der Waals surface area (Å²) in [6, 6.07) is 0. The minimum atomic E-state index is 0.0759. The Kier molecular flexibility index (Phi) is 5.17. The number of hydrogen-bond donors (Lipinski definition) is 1. The molecular formula is C22H40O. The zero-order valence-corrected chi connectivity index (χ0v) is 16.1. The molecule has 6 unspecified atom stereocenters. The molecule has 0 spiro atoms. The molecule has 0 aromatic carbocycles. The van der Waals surface area contributed by atoms with E-state index in [1.54, 1.807) is 6.42 Å². The van der Waals surface area contributed by atoms with Gasteiger partial charge in [-0.25, -0.2) is 0 Å². The Morgan fingerprint density at radius 2 is 1.35 bits per heavy atom. The lowest BCUT2D eigenvalue weighted by molar-refractivity contribution is -0.0662. The van der Waals surface area contributed by atoms with Crippen molar-refractivity contribution in [1.82, 2.24) is 0 Å². The molecule has 0 saturated heterocycles. The minimum Gasteiger partial charge on any atom is -0.396 e. The third-order valence-corrected chi connectivity index (χ3v) is 9.12. The van der Waals surface area contributed by atoms with E-state index in [0.717, 1.165) is 36.0 Å². The zero-order chi connectivity index (χ0) is 16.7. The van der Waals surface area contributed by atoms with Crippen LogP contribution in [0.4, 0.5) is 0 Å². The quantitative estimate of drug-likeness (QED) is 0.668. The van der Waals surface area contributed by atoms with Crippen molar-refractivity contribution in [3.05, 3.63) is 0 Å². The van der Waals surface area contributed by atoms with Crippen LogP contribution in [0.15, 0.2) is 0 Å². The van der Waals surface area contributed by atoms with Crippen molar-refractivity contribution in [2.45, 2.75) is 91.9 Å². The molecular weight excluding hydrogens is 280 g/mol. The molecule has 3 rings (SSSR count). The Bertz CT molecular complexity index is 395. The Balaban J connectivity index is 1.69. The third kappa shape index (κ3) is 3.12. The maximum atomic E-state index is 10.0. The summed E-state index contributed by atoms with van der Waals surface area (Å²) < 4.78 is 0. The maximum absolute atomic E-state index is 10.0. The fourth-order valence-corrected chi connectivity index (χ4v) is 6.53. The van der Waals surface area contributed by atoms with Gasteiger partial charge in [0, 0.05) is 6.61 Å². The van der Waals surface area contributed by atoms with Crippen LogP contribution < -0.4 is 0 Å². The highest BCUT2D eigenvalue weighted by atomic mass is 16.3. The SMILES string of the molecule is CCC(C)(CO)C(C)(C)C1CCC2CC3CCCCC3CC2C1. The number of fused-ring (bicyclic) bond motifs is 2. The van der Waals surface area contributed by atoms with Gasteiger partial charge in [0.1, 0.15) is 0 Å². The molecule has 0 radical (unpaired) electrons. The maximum Gasteiger partial charge on any atom is 0.0489 e. The van der Waals surface area contributed by atoms with Crippen LogP contribution in [0, 0.1) is 40.4 Å². The molecule has 3 aliphatic carbocycles. The summed E-state index contributed by atoms with van der Waals surface area (Å²) >= 11 is 0. The van der Waals surface area contributed by atoms with Gasteiger partial charge in [0.2, 0.25) is 0 Å². The van der Waals surface area contributed by atoms with E-state index in [4.69, 9.17) is 0 Å². The molecule has 3 saturated carbocycles. The second-order valence-electron chi connectivity index (χ2n) is 10.1. The van der Waals surface area contributed by atoms with Gasteiger partial charge in [-0.1, -0.05) is 53.4 Å². The largest absolute Gasteiger partial charge is 0.396 e. The highest BCUT2D eigenvalue weighted by Gasteiger charge is 2.49. The number of rotatable bonds is 4. The van der Waals surface area contributed by atoms with Crippen LogP contribution in [0.2, 0.25) is 0 Å². The van der Waals surface area contributed by atoms with Gasteiger partial charge in [0.15, 0.2) is 0 Å². The summed E-state index contributed by atoms with van der Waals surface area (Å²) in [6.07, 6.45) is 14.5. The molecule has 1 N–H and O–H groups in total. The minimum absolute atomic E-state index is 0.0759. The van der Waals surface area contributed by atoms with Gasteiger partial charge in [-0.3, -0.25) is 0 Å². The van der Waals surface area contributed by atoms with Crippen LogP contribution in [0.3, 0.4) is 0 Å². The summed E-state index contributed by atoms with van der Waals surface area (Å²) in [7, 11) is 0. The first kappa shape index (κ1) is 17.8. The van der Waals surface area contributed by atoms with Crippen LogP contribution in [0.5, 0.6) is 0 Å². The van der Waals surface area contributed by atoms with E-state index in [0.29, 0.717) is 6.61 Å². The van der Waals surface area contributed by atoms with Crippen LogP contribution in [0.25, 0.3) is 0 Å². The van der Waals surface area contributed by atoms with E-state index in [2.05, 4.69) is 27.7 Å². The molecule has 1 nitrogen and oxygen atoms in total. The fourth-order valence-electron chi connectivity index (χ4n) is 6.53. The van der Waals surface area contributed by atoms with E-state index < -0.39 is 0 Å². The van der Waals surface area contributed by atoms with E-state index in [1.165, 1.54) is 51.4 Å². The Morgan fingerprint density at radius 3 is 1.91 bits per heavy atom. The summed E-state index contributed by atoms with van der Waals surface area (Å²) in [5, 5.41) is 10.0. The average molecular weight is 321 g/mol. The van der Waals surface area contributed by atoms with E-state index >= 15 is 0 Å². The molecule has 0 heterocycles. The first-order valence-corrected chi connectivity index (χ1v) is 10.5. The molecule has 0 bridgehead atoms. The molecule has 0 amide bonds. The van der Waals surface area contributed by atoms with E-state index in [9.17, 15) is 5.11 Å². The fraction of sp³-hybridized carbons (Fsp3) is 1.00. The molecule has 23 heavy (non-hydrogen) atoms. The van der Waals surface area contributed by atoms with Crippen molar-refractivity contribution < 1.29 is 5.11 Å². The standard InChI is InChI=1S/C22H40O/c1-5-22(4,15-23)21(2,3)20-11-10-18-12-16-8-6-7-9-17(16)13-19(18)14-20/h16-20,23H,5-15H2,1-4H3. The van der Waals surface area contributed by atoms with Crippen molar-refractivity contribution in [3.8, 4) is 0 Å². The second kappa shape index (κ2) is 6.70. The topological polar surface area (TPSA) is 20.2 Å². The first-order valence-electron chi connectivity index (χ1n) is 10.5. The van der Waals surface area contributed by atoms with Gasteiger partial charge < -0.3 is 5.11 Å². The monoisotopic (exact) mass is 320 g/mol. The van der Waals surface area contributed by atoms with Crippen molar-refractivity contribution in [1.29, 1.82) is 0 Å². The van der Waals surface area contributed by atoms with E-state index in [-0.39, 0.29) is 10.8 Å². The van der Waals surface area contributed by atoms with Crippen LogP contribution in [-0.4, -0.2) is 11.7 Å². The number of hydrogen-bond acceptors (Lipinski definition) is 1. The molecule has 0 aromatic heterocycles. The van der Waals surface area contributed by atoms with Crippen LogP contribution >= 0.6 is 0 Å². The first-order chi connectivity index (χ1) is 10.9. The Morgan fingerprint density at radius 1 is 0.783 bits per heavy atom. The molecule has 0 aromatic rings. The zero-order valence-electron chi connectivity index (χ0n) is 16.1. The average Bonchev–Trinajstić information content (AvgIpc) is 2.58. The van der Waals surface area contributed by atoms with Crippen molar-refractivity contribution in [2.75, 3.05) is 6.61 Å². The molecule has 0 aliphatic heterocycles. The number of aliphatic hydroxyl groups excluding tert-OH is 1. The van der Waals surface area contributed by atoms with Gasteiger partial charge in [-0.15, -0.1) is 0 Å².